The van der Waals surface area contributed by atoms with Crippen molar-refractivity contribution in [1.82, 2.24) is 4.90 Å². The van der Waals surface area contributed by atoms with Gasteiger partial charge in [0.05, 0.1) is 14.2 Å². The molecule has 100 valence electrons. The van der Waals surface area contributed by atoms with E-state index in [0.717, 1.165) is 5.56 Å². The first kappa shape index (κ1) is 14.4. The molecule has 0 unspecified atom stereocenters. The Kier molecular flexibility index (Phi) is 5.01. The number of hydrogen-bond donors (Lipinski definition) is 0. The van der Waals surface area contributed by atoms with E-state index in [1.165, 1.54) is 0 Å². The summed E-state index contributed by atoms with van der Waals surface area (Å²) in [5, 5.41) is 0. The highest BCUT2D eigenvalue weighted by Crippen LogP contribution is 2.31. The first-order valence-corrected chi connectivity index (χ1v) is 5.96. The summed E-state index contributed by atoms with van der Waals surface area (Å²) in [6, 6.07) is 5.67. The maximum atomic E-state index is 11.9. The average molecular weight is 251 g/mol. The van der Waals surface area contributed by atoms with Crippen molar-refractivity contribution in [1.29, 1.82) is 0 Å². The van der Waals surface area contributed by atoms with E-state index in [4.69, 9.17) is 9.47 Å². The highest BCUT2D eigenvalue weighted by molar-refractivity contribution is 5.77. The number of rotatable bonds is 5. The number of hydrogen-bond acceptors (Lipinski definition) is 3. The molecular weight excluding hydrogens is 230 g/mol. The molecule has 0 aromatic heterocycles. The minimum absolute atomic E-state index is 0.00778. The van der Waals surface area contributed by atoms with E-state index >= 15 is 0 Å². The molecular formula is C14H21NO3. The van der Waals surface area contributed by atoms with Gasteiger partial charge in [0.15, 0.2) is 11.5 Å². The fourth-order valence-corrected chi connectivity index (χ4v) is 1.85. The Morgan fingerprint density at radius 3 is 2.44 bits per heavy atom. The summed E-state index contributed by atoms with van der Waals surface area (Å²) in [7, 11) is 5.00. The van der Waals surface area contributed by atoms with Crippen molar-refractivity contribution in [2.24, 2.45) is 5.92 Å². The summed E-state index contributed by atoms with van der Waals surface area (Å²) < 4.78 is 10.6. The van der Waals surface area contributed by atoms with Crippen molar-refractivity contribution in [3.63, 3.8) is 0 Å². The Hall–Kier alpha value is -1.71. The molecule has 0 spiro atoms. The Morgan fingerprint density at radius 1 is 1.28 bits per heavy atom. The molecule has 1 aromatic rings. The van der Waals surface area contributed by atoms with Crippen LogP contribution in [0.2, 0.25) is 0 Å². The van der Waals surface area contributed by atoms with Crippen LogP contribution in [0.15, 0.2) is 18.2 Å². The smallest absolute Gasteiger partial charge is 0.225 e. The molecule has 0 saturated heterocycles. The molecule has 0 aliphatic carbocycles. The number of para-hydroxylation sites is 1. The summed E-state index contributed by atoms with van der Waals surface area (Å²) in [5.74, 6) is 1.47. The first-order valence-electron chi connectivity index (χ1n) is 5.96. The molecule has 0 radical (unpaired) electrons. The molecule has 1 amide bonds. The van der Waals surface area contributed by atoms with Gasteiger partial charge in [0.2, 0.25) is 5.91 Å². The number of benzene rings is 1. The van der Waals surface area contributed by atoms with Gasteiger partial charge in [0.25, 0.3) is 0 Å². The van der Waals surface area contributed by atoms with Gasteiger partial charge in [-0.2, -0.15) is 0 Å². The van der Waals surface area contributed by atoms with Crippen LogP contribution in [0.4, 0.5) is 0 Å². The van der Waals surface area contributed by atoms with Crippen LogP contribution in [0.25, 0.3) is 0 Å². The zero-order chi connectivity index (χ0) is 13.7. The summed E-state index contributed by atoms with van der Waals surface area (Å²) in [6.07, 6.45) is 0. The van der Waals surface area contributed by atoms with Crippen molar-refractivity contribution >= 4 is 5.91 Å². The number of carbonyl (C=O) groups excluding carboxylic acids is 1. The summed E-state index contributed by atoms with van der Waals surface area (Å²) in [5.41, 5.74) is 0.938. The van der Waals surface area contributed by atoms with E-state index in [-0.39, 0.29) is 11.8 Å². The Labute approximate surface area is 108 Å². The largest absolute Gasteiger partial charge is 0.493 e. The molecule has 0 fully saturated rings. The zero-order valence-corrected chi connectivity index (χ0v) is 11.7. The second kappa shape index (κ2) is 6.28. The average Bonchev–Trinajstić information content (AvgIpc) is 2.37. The molecule has 1 aromatic carbocycles. The van der Waals surface area contributed by atoms with Gasteiger partial charge in [0, 0.05) is 25.1 Å². The third-order valence-electron chi connectivity index (χ3n) is 2.76. The van der Waals surface area contributed by atoms with E-state index in [2.05, 4.69) is 0 Å². The molecule has 0 heterocycles. The SMILES string of the molecule is COc1cccc(CN(C)C(=O)C(C)C)c1OC. The fourth-order valence-electron chi connectivity index (χ4n) is 1.85. The van der Waals surface area contributed by atoms with E-state index < -0.39 is 0 Å². The first-order chi connectivity index (χ1) is 8.51. The van der Waals surface area contributed by atoms with Gasteiger partial charge >= 0.3 is 0 Å². The summed E-state index contributed by atoms with van der Waals surface area (Å²) >= 11 is 0. The predicted molar refractivity (Wildman–Crippen MR) is 70.9 cm³/mol. The molecule has 0 saturated carbocycles. The van der Waals surface area contributed by atoms with Gasteiger partial charge in [-0.3, -0.25) is 4.79 Å². The minimum Gasteiger partial charge on any atom is -0.493 e. The lowest BCUT2D eigenvalue weighted by Crippen LogP contribution is -2.30. The number of ether oxygens (including phenoxy) is 2. The van der Waals surface area contributed by atoms with Gasteiger partial charge in [-0.05, 0) is 6.07 Å². The van der Waals surface area contributed by atoms with Crippen LogP contribution in [-0.4, -0.2) is 32.1 Å². The quantitative estimate of drug-likeness (QED) is 0.806. The Balaban J connectivity index is 2.94. The molecule has 0 bridgehead atoms. The number of nitrogens with zero attached hydrogens (tertiary/aromatic N) is 1. The molecule has 4 heteroatoms. The molecule has 0 N–H and O–H groups in total. The predicted octanol–water partition coefficient (Wildman–Crippen LogP) is 2.32. The molecule has 18 heavy (non-hydrogen) atoms. The van der Waals surface area contributed by atoms with E-state index in [0.29, 0.717) is 18.0 Å². The van der Waals surface area contributed by atoms with E-state index in [1.807, 2.05) is 32.0 Å². The normalized spacial score (nSPS) is 10.3. The maximum Gasteiger partial charge on any atom is 0.225 e. The Bertz CT molecular complexity index is 416. The van der Waals surface area contributed by atoms with Crippen LogP contribution in [0.1, 0.15) is 19.4 Å². The fraction of sp³-hybridized carbons (Fsp3) is 0.500. The standard InChI is InChI=1S/C14H21NO3/c1-10(2)14(16)15(3)9-11-7-6-8-12(17-4)13(11)18-5/h6-8,10H,9H2,1-5H3. The molecule has 0 aliphatic rings. The van der Waals surface area contributed by atoms with Gasteiger partial charge in [0.1, 0.15) is 0 Å². The second-order valence-electron chi connectivity index (χ2n) is 4.50. The van der Waals surface area contributed by atoms with Gasteiger partial charge in [-0.15, -0.1) is 0 Å². The van der Waals surface area contributed by atoms with Crippen molar-refractivity contribution in [3.05, 3.63) is 23.8 Å². The maximum absolute atomic E-state index is 11.9. The second-order valence-corrected chi connectivity index (χ2v) is 4.50. The van der Waals surface area contributed by atoms with Crippen LogP contribution in [0.3, 0.4) is 0 Å². The van der Waals surface area contributed by atoms with Crippen molar-refractivity contribution < 1.29 is 14.3 Å². The molecule has 0 aliphatic heterocycles. The topological polar surface area (TPSA) is 38.8 Å². The lowest BCUT2D eigenvalue weighted by molar-refractivity contribution is -0.133. The van der Waals surface area contributed by atoms with Crippen LogP contribution in [-0.2, 0) is 11.3 Å². The van der Waals surface area contributed by atoms with Crippen LogP contribution < -0.4 is 9.47 Å². The van der Waals surface area contributed by atoms with Gasteiger partial charge in [-0.1, -0.05) is 26.0 Å². The summed E-state index contributed by atoms with van der Waals surface area (Å²) in [6.45, 7) is 4.29. The third-order valence-corrected chi connectivity index (χ3v) is 2.76. The van der Waals surface area contributed by atoms with E-state index in [1.54, 1.807) is 26.2 Å². The van der Waals surface area contributed by atoms with Crippen molar-refractivity contribution in [2.45, 2.75) is 20.4 Å². The van der Waals surface area contributed by atoms with Crippen molar-refractivity contribution in [2.75, 3.05) is 21.3 Å². The summed E-state index contributed by atoms with van der Waals surface area (Å²) in [4.78, 5) is 13.6. The monoisotopic (exact) mass is 251 g/mol. The van der Waals surface area contributed by atoms with E-state index in [9.17, 15) is 4.79 Å². The van der Waals surface area contributed by atoms with Crippen LogP contribution >= 0.6 is 0 Å². The van der Waals surface area contributed by atoms with Crippen LogP contribution in [0.5, 0.6) is 11.5 Å². The van der Waals surface area contributed by atoms with Crippen LogP contribution in [0, 0.1) is 5.92 Å². The Morgan fingerprint density at radius 2 is 1.94 bits per heavy atom. The third kappa shape index (κ3) is 3.15. The van der Waals surface area contributed by atoms with Gasteiger partial charge < -0.3 is 14.4 Å². The number of amides is 1. The highest BCUT2D eigenvalue weighted by Gasteiger charge is 2.16. The lowest BCUT2D eigenvalue weighted by atomic mass is 10.1. The zero-order valence-electron chi connectivity index (χ0n) is 11.7. The van der Waals surface area contributed by atoms with Gasteiger partial charge in [-0.25, -0.2) is 0 Å². The molecule has 4 nitrogen and oxygen atoms in total. The van der Waals surface area contributed by atoms with Crippen molar-refractivity contribution in [3.8, 4) is 11.5 Å². The number of methoxy groups -OCH3 is 2. The minimum atomic E-state index is -0.00778. The molecule has 1 rings (SSSR count). The lowest BCUT2D eigenvalue weighted by Gasteiger charge is -2.21. The number of carbonyl (C=O) groups is 1. The highest BCUT2D eigenvalue weighted by atomic mass is 16.5. The molecule has 0 atom stereocenters.